The van der Waals surface area contributed by atoms with Gasteiger partial charge in [0.05, 0.1) is 13.2 Å². The van der Waals surface area contributed by atoms with Gasteiger partial charge >= 0.3 is 12.3 Å². The summed E-state index contributed by atoms with van der Waals surface area (Å²) in [5.74, 6) is 0. The molecule has 0 aromatic heterocycles. The van der Waals surface area contributed by atoms with Gasteiger partial charge in [-0.05, 0) is 19.8 Å². The van der Waals surface area contributed by atoms with Crippen LogP contribution in [0.15, 0.2) is 0 Å². The second kappa shape index (κ2) is 27.1. The minimum Gasteiger partial charge on any atom is -0.434 e. The molecule has 6 heteroatoms. The largest absolute Gasteiger partial charge is 0.508 e. The lowest BCUT2D eigenvalue weighted by Gasteiger charge is -2.13. The van der Waals surface area contributed by atoms with Gasteiger partial charge in [-0.2, -0.15) is 0 Å². The number of carbonyl (C=O) groups is 2. The summed E-state index contributed by atoms with van der Waals surface area (Å²) in [7, 11) is 0. The van der Waals surface area contributed by atoms with Crippen molar-refractivity contribution < 1.29 is 28.5 Å². The van der Waals surface area contributed by atoms with Crippen molar-refractivity contribution in [1.82, 2.24) is 0 Å². The van der Waals surface area contributed by atoms with E-state index in [1.165, 1.54) is 103 Å². The summed E-state index contributed by atoms with van der Waals surface area (Å²) in [5, 5.41) is 0. The molecule has 1 unspecified atom stereocenters. The van der Waals surface area contributed by atoms with Gasteiger partial charge in [0.15, 0.2) is 0 Å². The van der Waals surface area contributed by atoms with Crippen LogP contribution in [-0.4, -0.2) is 38.2 Å². The molecule has 0 aliphatic heterocycles. The fourth-order valence-electron chi connectivity index (χ4n) is 3.95. The number of unbranched alkanes of at least 4 members (excludes halogenated alkanes) is 18. The lowest BCUT2D eigenvalue weighted by Crippen LogP contribution is -2.23. The molecule has 0 spiro atoms. The highest BCUT2D eigenvalue weighted by molar-refractivity contribution is 5.61. The monoisotopic (exact) mass is 500 g/mol. The molecule has 0 amide bonds. The lowest BCUT2D eigenvalue weighted by atomic mass is 10.1. The Morgan fingerprint density at radius 2 is 0.829 bits per heavy atom. The summed E-state index contributed by atoms with van der Waals surface area (Å²) in [6, 6.07) is 0. The van der Waals surface area contributed by atoms with Crippen LogP contribution in [0.5, 0.6) is 0 Å². The van der Waals surface area contributed by atoms with Crippen LogP contribution in [0.2, 0.25) is 0 Å². The first-order valence-corrected chi connectivity index (χ1v) is 14.7. The number of ether oxygens (including phenoxy) is 4. The van der Waals surface area contributed by atoms with E-state index in [4.69, 9.17) is 18.9 Å². The van der Waals surface area contributed by atoms with Crippen molar-refractivity contribution in [3.63, 3.8) is 0 Å². The van der Waals surface area contributed by atoms with Crippen molar-refractivity contribution in [2.45, 2.75) is 155 Å². The molecule has 0 radical (unpaired) electrons. The van der Waals surface area contributed by atoms with E-state index >= 15 is 0 Å². The molecule has 0 fully saturated rings. The molecule has 1 atom stereocenters. The van der Waals surface area contributed by atoms with Gasteiger partial charge in [-0.15, -0.1) is 0 Å². The van der Waals surface area contributed by atoms with Gasteiger partial charge in [0.1, 0.15) is 12.7 Å². The molecule has 0 N–H and O–H groups in total. The van der Waals surface area contributed by atoms with Crippen molar-refractivity contribution in [1.29, 1.82) is 0 Å². The molecular formula is C29H56O6. The molecule has 0 heterocycles. The third kappa shape index (κ3) is 27.0. The van der Waals surface area contributed by atoms with Crippen molar-refractivity contribution in [3.8, 4) is 0 Å². The Morgan fingerprint density at radius 1 is 0.486 bits per heavy atom. The molecule has 0 aliphatic rings. The summed E-state index contributed by atoms with van der Waals surface area (Å²) in [6.07, 6.45) is 22.6. The predicted molar refractivity (Wildman–Crippen MR) is 143 cm³/mol. The minimum absolute atomic E-state index is 0.0375. The quantitative estimate of drug-likeness (QED) is 0.0918. The maximum absolute atomic E-state index is 11.7. The van der Waals surface area contributed by atoms with E-state index in [-0.39, 0.29) is 6.61 Å². The van der Waals surface area contributed by atoms with Crippen molar-refractivity contribution in [3.05, 3.63) is 0 Å². The Labute approximate surface area is 216 Å². The molecule has 0 bridgehead atoms. The van der Waals surface area contributed by atoms with Gasteiger partial charge in [-0.3, -0.25) is 0 Å². The first kappa shape index (κ1) is 33.5. The van der Waals surface area contributed by atoms with Crippen LogP contribution in [0.3, 0.4) is 0 Å². The molecule has 0 saturated heterocycles. The zero-order chi connectivity index (χ0) is 25.8. The molecule has 0 aliphatic carbocycles. The Kier molecular flexibility index (Phi) is 26.0. The lowest BCUT2D eigenvalue weighted by molar-refractivity contribution is -0.0113. The average molecular weight is 501 g/mol. The van der Waals surface area contributed by atoms with E-state index in [0.717, 1.165) is 25.7 Å². The predicted octanol–water partition coefficient (Wildman–Crippen LogP) is 9.52. The second-order valence-corrected chi connectivity index (χ2v) is 9.80. The summed E-state index contributed by atoms with van der Waals surface area (Å²) >= 11 is 0. The molecule has 0 aromatic carbocycles. The van der Waals surface area contributed by atoms with Crippen molar-refractivity contribution in [2.24, 2.45) is 0 Å². The first-order valence-electron chi connectivity index (χ1n) is 14.7. The topological polar surface area (TPSA) is 71.1 Å². The highest BCUT2D eigenvalue weighted by Crippen LogP contribution is 2.12. The Morgan fingerprint density at radius 3 is 1.23 bits per heavy atom. The molecule has 35 heavy (non-hydrogen) atoms. The Balaban J connectivity index is 3.43. The maximum atomic E-state index is 11.7. The van der Waals surface area contributed by atoms with E-state index < -0.39 is 18.4 Å². The zero-order valence-corrected chi connectivity index (χ0v) is 23.3. The van der Waals surface area contributed by atoms with Crippen LogP contribution in [-0.2, 0) is 18.9 Å². The van der Waals surface area contributed by atoms with Crippen LogP contribution >= 0.6 is 0 Å². The highest BCUT2D eigenvalue weighted by Gasteiger charge is 2.14. The van der Waals surface area contributed by atoms with Gasteiger partial charge in [0, 0.05) is 0 Å². The second-order valence-electron chi connectivity index (χ2n) is 9.80. The first-order chi connectivity index (χ1) is 17.1. The van der Waals surface area contributed by atoms with Gasteiger partial charge in [-0.1, -0.05) is 129 Å². The fraction of sp³-hybridized carbons (Fsp3) is 0.931. The summed E-state index contributed by atoms with van der Waals surface area (Å²) in [5.41, 5.74) is 0. The minimum atomic E-state index is -0.713. The number of hydrogen-bond acceptors (Lipinski definition) is 6. The van der Waals surface area contributed by atoms with Crippen LogP contribution in [0, 0.1) is 0 Å². The van der Waals surface area contributed by atoms with Gasteiger partial charge < -0.3 is 18.9 Å². The van der Waals surface area contributed by atoms with Gasteiger partial charge in [0.25, 0.3) is 0 Å². The van der Waals surface area contributed by atoms with Crippen LogP contribution in [0.1, 0.15) is 149 Å². The third-order valence-electron chi connectivity index (χ3n) is 6.17. The Bertz CT molecular complexity index is 468. The van der Waals surface area contributed by atoms with E-state index in [9.17, 15) is 9.59 Å². The highest BCUT2D eigenvalue weighted by atomic mass is 16.7. The molecular weight excluding hydrogens is 444 g/mol. The summed E-state index contributed by atoms with van der Waals surface area (Å²) in [4.78, 5) is 23.4. The third-order valence-corrected chi connectivity index (χ3v) is 6.17. The van der Waals surface area contributed by atoms with Crippen LogP contribution in [0.4, 0.5) is 9.59 Å². The number of rotatable bonds is 25. The zero-order valence-electron chi connectivity index (χ0n) is 23.3. The smallest absolute Gasteiger partial charge is 0.434 e. The maximum Gasteiger partial charge on any atom is 0.508 e. The number of carbonyl (C=O) groups excluding carboxylic acids is 2. The van der Waals surface area contributed by atoms with E-state index in [0.29, 0.717) is 13.2 Å². The number of hydrogen-bond donors (Lipinski definition) is 0. The van der Waals surface area contributed by atoms with Crippen LogP contribution in [0.25, 0.3) is 0 Å². The van der Waals surface area contributed by atoms with Crippen molar-refractivity contribution >= 4 is 12.3 Å². The summed E-state index contributed by atoms with van der Waals surface area (Å²) in [6.45, 7) is 6.84. The molecule has 0 rings (SSSR count). The van der Waals surface area contributed by atoms with E-state index in [2.05, 4.69) is 13.8 Å². The summed E-state index contributed by atoms with van der Waals surface area (Å²) < 4.78 is 20.3. The van der Waals surface area contributed by atoms with E-state index in [1.54, 1.807) is 6.92 Å². The molecule has 6 nitrogen and oxygen atoms in total. The molecule has 0 saturated carbocycles. The van der Waals surface area contributed by atoms with Gasteiger partial charge in [-0.25, -0.2) is 9.59 Å². The SMILES string of the molecule is CCCCCCCCCCCCOC(=O)OCC(C)OC(=O)OCCCCCCCCCCCC. The Hall–Kier alpha value is -1.46. The molecule has 208 valence electrons. The van der Waals surface area contributed by atoms with E-state index in [1.807, 2.05) is 0 Å². The van der Waals surface area contributed by atoms with Crippen molar-refractivity contribution in [2.75, 3.05) is 19.8 Å². The van der Waals surface area contributed by atoms with Crippen LogP contribution < -0.4 is 0 Å². The average Bonchev–Trinajstić information content (AvgIpc) is 2.84. The standard InChI is InChI=1S/C29H56O6/c1-4-6-8-10-12-14-16-18-20-22-24-32-28(30)34-26-27(3)35-29(31)33-25-23-21-19-17-15-13-11-9-7-5-2/h27H,4-26H2,1-3H3. The molecule has 0 aromatic rings. The van der Waals surface area contributed by atoms with Gasteiger partial charge in [0.2, 0.25) is 0 Å². The fourth-order valence-corrected chi connectivity index (χ4v) is 3.95. The normalized spacial score (nSPS) is 11.7.